The van der Waals surface area contributed by atoms with Gasteiger partial charge in [-0.05, 0) is 24.0 Å². The summed E-state index contributed by atoms with van der Waals surface area (Å²) in [6.07, 6.45) is 0.312. The Kier molecular flexibility index (Phi) is 8.18. The van der Waals surface area contributed by atoms with E-state index in [1.54, 1.807) is 0 Å². The van der Waals surface area contributed by atoms with Crippen LogP contribution in [0, 0.1) is 0 Å². The Balaban J connectivity index is 0.00000264. The Bertz CT molecular complexity index is 577. The summed E-state index contributed by atoms with van der Waals surface area (Å²) in [4.78, 5) is 22.9. The fraction of sp³-hybridized carbons (Fsp3) is 0.222. The minimum absolute atomic E-state index is 0. The molecule has 0 unspecified atom stereocenters. The van der Waals surface area contributed by atoms with E-state index in [1.807, 2.05) is 60.7 Å². The summed E-state index contributed by atoms with van der Waals surface area (Å²) in [5.74, 6) is -1.63. The zero-order chi connectivity index (χ0) is 15.8. The number of rotatable bonds is 7. The molecule has 0 saturated heterocycles. The fourth-order valence-corrected chi connectivity index (χ4v) is 2.33. The van der Waals surface area contributed by atoms with Crippen molar-refractivity contribution in [3.63, 3.8) is 0 Å². The fourth-order valence-electron chi connectivity index (χ4n) is 2.33. The van der Waals surface area contributed by atoms with Crippen molar-refractivity contribution >= 4 is 11.9 Å². The molecule has 23 heavy (non-hydrogen) atoms. The van der Waals surface area contributed by atoms with Gasteiger partial charge in [-0.3, -0.25) is 4.79 Å². The molecule has 0 radical (unpaired) electrons. The number of benzene rings is 2. The zero-order valence-electron chi connectivity index (χ0n) is 13.2. The third-order valence-corrected chi connectivity index (χ3v) is 3.38. The number of amides is 1. The number of carboxylic acid groups (broad SMARTS) is 1. The molecule has 0 aliphatic rings. The molecule has 114 valence electrons. The van der Waals surface area contributed by atoms with Gasteiger partial charge in [0.1, 0.15) is 0 Å². The normalized spacial score (nSPS) is 9.96. The molecule has 0 saturated carbocycles. The van der Waals surface area contributed by atoms with Crippen molar-refractivity contribution < 1.29 is 33.6 Å². The second kappa shape index (κ2) is 9.89. The third kappa shape index (κ3) is 5.94. The number of carbonyl (C=O) groups is 2. The Morgan fingerprint density at radius 2 is 1.39 bits per heavy atom. The number of hydrogen-bond donors (Lipinski definition) is 1. The summed E-state index contributed by atoms with van der Waals surface area (Å²) in [6.45, 7) is 0.322. The molecule has 0 aromatic heterocycles. The zero-order valence-corrected chi connectivity index (χ0v) is 13.2. The van der Waals surface area contributed by atoms with Crippen molar-refractivity contribution in [2.45, 2.75) is 18.8 Å². The van der Waals surface area contributed by atoms with E-state index in [0.717, 1.165) is 11.1 Å². The van der Waals surface area contributed by atoms with E-state index in [0.29, 0.717) is 13.0 Å². The van der Waals surface area contributed by atoms with Gasteiger partial charge in [-0.1, -0.05) is 60.7 Å². The molecular formula is C18H18LiNO3. The van der Waals surface area contributed by atoms with Crippen molar-refractivity contribution in [1.29, 1.82) is 0 Å². The van der Waals surface area contributed by atoms with E-state index in [-0.39, 0.29) is 31.2 Å². The molecule has 1 amide bonds. The Morgan fingerprint density at radius 1 is 0.913 bits per heavy atom. The van der Waals surface area contributed by atoms with Crippen molar-refractivity contribution in [3.05, 3.63) is 71.8 Å². The molecule has 0 bridgehead atoms. The van der Waals surface area contributed by atoms with E-state index in [1.165, 1.54) is 0 Å². The molecule has 4 nitrogen and oxygen atoms in total. The molecule has 2 aromatic carbocycles. The molecule has 1 N–H and O–H groups in total. The second-order valence-corrected chi connectivity index (χ2v) is 5.02. The molecule has 0 aliphatic carbocycles. The summed E-state index contributed by atoms with van der Waals surface area (Å²) in [6, 6.07) is 19.1. The Labute approximate surface area is 148 Å². The van der Waals surface area contributed by atoms with Crippen molar-refractivity contribution in [3.8, 4) is 0 Å². The summed E-state index contributed by atoms with van der Waals surface area (Å²) in [5.41, 5.74) is 1.82. The molecule has 0 heterocycles. The molecule has 0 spiro atoms. The van der Waals surface area contributed by atoms with Crippen LogP contribution in [-0.4, -0.2) is 18.4 Å². The Morgan fingerprint density at radius 3 is 1.83 bits per heavy atom. The standard InChI is InChI=1S/C18H19NO3.Li/c20-16(21)12-7-13-19-18(22)17(14-8-3-1-4-9-14)15-10-5-2-6-11-15;/h1-6,8-11,17H,7,12-13H2,(H,19,22)(H,20,21);/q;+1/p-1. The number of carbonyl (C=O) groups excluding carboxylic acids is 2. The molecule has 2 rings (SSSR count). The van der Waals surface area contributed by atoms with Crippen molar-refractivity contribution in [1.82, 2.24) is 5.32 Å². The second-order valence-electron chi connectivity index (χ2n) is 5.02. The van der Waals surface area contributed by atoms with Crippen LogP contribution in [0.3, 0.4) is 0 Å². The first-order valence-electron chi connectivity index (χ1n) is 7.26. The van der Waals surface area contributed by atoms with Crippen LogP contribution in [0.15, 0.2) is 60.7 Å². The first-order valence-corrected chi connectivity index (χ1v) is 7.26. The minimum atomic E-state index is -1.10. The largest absolute Gasteiger partial charge is 1.00 e. The summed E-state index contributed by atoms with van der Waals surface area (Å²) >= 11 is 0. The van der Waals surface area contributed by atoms with E-state index in [4.69, 9.17) is 0 Å². The van der Waals surface area contributed by atoms with Crippen LogP contribution >= 0.6 is 0 Å². The van der Waals surface area contributed by atoms with Gasteiger partial charge in [-0.25, -0.2) is 0 Å². The van der Waals surface area contributed by atoms with Crippen LogP contribution in [0.1, 0.15) is 29.9 Å². The first kappa shape index (κ1) is 19.0. The van der Waals surface area contributed by atoms with Gasteiger partial charge < -0.3 is 15.2 Å². The maximum atomic E-state index is 12.5. The van der Waals surface area contributed by atoms with Gasteiger partial charge in [0, 0.05) is 12.5 Å². The van der Waals surface area contributed by atoms with Gasteiger partial charge in [0.15, 0.2) is 0 Å². The molecule has 2 aromatic rings. The van der Waals surface area contributed by atoms with Gasteiger partial charge >= 0.3 is 18.9 Å². The van der Waals surface area contributed by atoms with Gasteiger partial charge in [0.05, 0.1) is 5.92 Å². The SMILES string of the molecule is O=C([O-])CCCNC(=O)C(c1ccccc1)c1ccccc1.[Li+]. The van der Waals surface area contributed by atoms with Crippen LogP contribution in [0.2, 0.25) is 0 Å². The van der Waals surface area contributed by atoms with Crippen LogP contribution in [0.5, 0.6) is 0 Å². The van der Waals surface area contributed by atoms with E-state index >= 15 is 0 Å². The quantitative estimate of drug-likeness (QED) is 0.498. The minimum Gasteiger partial charge on any atom is -0.550 e. The van der Waals surface area contributed by atoms with E-state index in [2.05, 4.69) is 5.32 Å². The van der Waals surface area contributed by atoms with E-state index < -0.39 is 11.9 Å². The molecule has 0 aliphatic heterocycles. The smallest absolute Gasteiger partial charge is 0.550 e. The average Bonchev–Trinajstić information content (AvgIpc) is 2.54. The van der Waals surface area contributed by atoms with Gasteiger partial charge in [0.25, 0.3) is 0 Å². The van der Waals surface area contributed by atoms with E-state index in [9.17, 15) is 14.7 Å². The summed E-state index contributed by atoms with van der Waals surface area (Å²) < 4.78 is 0. The average molecular weight is 303 g/mol. The number of hydrogen-bond acceptors (Lipinski definition) is 3. The van der Waals surface area contributed by atoms with Gasteiger partial charge in [0.2, 0.25) is 5.91 Å². The Hall–Kier alpha value is -2.02. The monoisotopic (exact) mass is 303 g/mol. The molecule has 0 fully saturated rings. The molecule has 0 atom stereocenters. The summed E-state index contributed by atoms with van der Waals surface area (Å²) in [7, 11) is 0. The predicted molar refractivity (Wildman–Crippen MR) is 82.0 cm³/mol. The van der Waals surface area contributed by atoms with Gasteiger partial charge in [-0.2, -0.15) is 0 Å². The number of carboxylic acids is 1. The summed E-state index contributed by atoms with van der Waals surface area (Å²) in [5, 5.41) is 13.2. The van der Waals surface area contributed by atoms with Crippen molar-refractivity contribution in [2.24, 2.45) is 0 Å². The predicted octanol–water partition coefficient (Wildman–Crippen LogP) is -1.53. The van der Waals surface area contributed by atoms with Crippen LogP contribution in [0.4, 0.5) is 0 Å². The first-order chi connectivity index (χ1) is 10.7. The topological polar surface area (TPSA) is 69.2 Å². The number of aliphatic carboxylic acids is 1. The maximum Gasteiger partial charge on any atom is 1.00 e. The third-order valence-electron chi connectivity index (χ3n) is 3.38. The van der Waals surface area contributed by atoms with Crippen LogP contribution in [-0.2, 0) is 9.59 Å². The number of nitrogens with one attached hydrogen (secondary N) is 1. The van der Waals surface area contributed by atoms with Crippen LogP contribution < -0.4 is 29.3 Å². The molecular weight excluding hydrogens is 285 g/mol. The van der Waals surface area contributed by atoms with Gasteiger partial charge in [-0.15, -0.1) is 0 Å². The van der Waals surface area contributed by atoms with Crippen molar-refractivity contribution in [2.75, 3.05) is 6.54 Å². The maximum absolute atomic E-state index is 12.5. The molecule has 5 heteroatoms. The van der Waals surface area contributed by atoms with Crippen LogP contribution in [0.25, 0.3) is 0 Å².